The maximum absolute atomic E-state index is 11.6. The second-order valence-corrected chi connectivity index (χ2v) is 4.94. The van der Waals surface area contributed by atoms with Crippen molar-refractivity contribution < 1.29 is 9.53 Å². The van der Waals surface area contributed by atoms with Gasteiger partial charge in [-0.15, -0.1) is 0 Å². The van der Waals surface area contributed by atoms with Gasteiger partial charge in [0.25, 0.3) is 0 Å². The van der Waals surface area contributed by atoms with Crippen LogP contribution in [0.1, 0.15) is 39.2 Å². The van der Waals surface area contributed by atoms with E-state index in [-0.39, 0.29) is 12.0 Å². The number of hydrogen-bond donors (Lipinski definition) is 2. The average molecular weight is 279 g/mol. The molecule has 1 rings (SSSR count). The number of nitrogens with one attached hydrogen (secondary N) is 2. The van der Waals surface area contributed by atoms with Gasteiger partial charge in [-0.1, -0.05) is 19.4 Å². The number of aromatic nitrogens is 1. The molecule has 0 unspecified atom stereocenters. The van der Waals surface area contributed by atoms with Gasteiger partial charge in [-0.05, 0) is 26.3 Å². The first kappa shape index (κ1) is 16.4. The third kappa shape index (κ3) is 6.52. The lowest BCUT2D eigenvalue weighted by molar-refractivity contribution is -0.120. The van der Waals surface area contributed by atoms with Gasteiger partial charge in [0, 0.05) is 24.8 Å². The molecule has 1 amide bonds. The monoisotopic (exact) mass is 279 g/mol. The molecule has 0 aromatic carbocycles. The molecular formula is C15H25N3O2. The SMILES string of the molecule is CCCCNC(=O)CNCc1cccnc1OC(C)C. The molecule has 0 radical (unpaired) electrons. The van der Waals surface area contributed by atoms with Gasteiger partial charge in [-0.2, -0.15) is 0 Å². The molecule has 0 bridgehead atoms. The van der Waals surface area contributed by atoms with Crippen LogP contribution in [-0.4, -0.2) is 30.1 Å². The molecule has 5 nitrogen and oxygen atoms in total. The van der Waals surface area contributed by atoms with Gasteiger partial charge in [0.05, 0.1) is 12.6 Å². The van der Waals surface area contributed by atoms with Crippen molar-refractivity contribution >= 4 is 5.91 Å². The minimum atomic E-state index is 0.0219. The summed E-state index contributed by atoms with van der Waals surface area (Å²) in [5, 5.41) is 5.98. The van der Waals surface area contributed by atoms with Crippen molar-refractivity contribution in [2.45, 2.75) is 46.3 Å². The van der Waals surface area contributed by atoms with Crippen molar-refractivity contribution in [3.8, 4) is 5.88 Å². The lowest BCUT2D eigenvalue weighted by atomic mass is 10.2. The molecule has 0 aliphatic heterocycles. The first-order valence-corrected chi connectivity index (χ1v) is 7.21. The molecule has 0 saturated heterocycles. The van der Waals surface area contributed by atoms with Crippen molar-refractivity contribution in [3.63, 3.8) is 0 Å². The number of carbonyl (C=O) groups excluding carboxylic acids is 1. The highest BCUT2D eigenvalue weighted by molar-refractivity contribution is 5.77. The van der Waals surface area contributed by atoms with Gasteiger partial charge >= 0.3 is 0 Å². The Kier molecular flexibility index (Phi) is 7.65. The topological polar surface area (TPSA) is 63.2 Å². The fraction of sp³-hybridized carbons (Fsp3) is 0.600. The highest BCUT2D eigenvalue weighted by atomic mass is 16.5. The molecule has 0 aliphatic carbocycles. The van der Waals surface area contributed by atoms with E-state index in [2.05, 4.69) is 22.5 Å². The van der Waals surface area contributed by atoms with E-state index in [0.717, 1.165) is 24.9 Å². The number of ether oxygens (including phenoxy) is 1. The van der Waals surface area contributed by atoms with Crippen molar-refractivity contribution in [2.24, 2.45) is 0 Å². The summed E-state index contributed by atoms with van der Waals surface area (Å²) in [5.41, 5.74) is 0.961. The number of rotatable bonds is 9. The normalized spacial score (nSPS) is 10.6. The van der Waals surface area contributed by atoms with Crippen LogP contribution in [0.3, 0.4) is 0 Å². The van der Waals surface area contributed by atoms with Crippen LogP contribution < -0.4 is 15.4 Å². The molecule has 0 saturated carbocycles. The highest BCUT2D eigenvalue weighted by Gasteiger charge is 2.07. The molecule has 0 fully saturated rings. The summed E-state index contributed by atoms with van der Waals surface area (Å²) in [6.07, 6.45) is 3.89. The van der Waals surface area contributed by atoms with E-state index in [1.165, 1.54) is 0 Å². The third-order valence-corrected chi connectivity index (χ3v) is 2.65. The number of carbonyl (C=O) groups is 1. The molecule has 0 spiro atoms. The maximum atomic E-state index is 11.6. The van der Waals surface area contributed by atoms with E-state index < -0.39 is 0 Å². The van der Waals surface area contributed by atoms with Gasteiger partial charge in [0.1, 0.15) is 0 Å². The molecule has 2 N–H and O–H groups in total. The Hall–Kier alpha value is -1.62. The van der Waals surface area contributed by atoms with Crippen LogP contribution in [0.2, 0.25) is 0 Å². The lowest BCUT2D eigenvalue weighted by Gasteiger charge is -2.13. The summed E-state index contributed by atoms with van der Waals surface area (Å²) >= 11 is 0. The molecule has 5 heteroatoms. The zero-order chi connectivity index (χ0) is 14.8. The fourth-order valence-corrected chi connectivity index (χ4v) is 1.67. The van der Waals surface area contributed by atoms with E-state index in [9.17, 15) is 4.79 Å². The fourth-order valence-electron chi connectivity index (χ4n) is 1.67. The van der Waals surface area contributed by atoms with Crippen molar-refractivity contribution in [1.29, 1.82) is 0 Å². The van der Waals surface area contributed by atoms with Crippen LogP contribution >= 0.6 is 0 Å². The number of unbranched alkanes of at least 4 members (excludes halogenated alkanes) is 1. The van der Waals surface area contributed by atoms with Crippen LogP contribution in [-0.2, 0) is 11.3 Å². The molecular weight excluding hydrogens is 254 g/mol. The van der Waals surface area contributed by atoms with Crippen molar-refractivity contribution in [2.75, 3.05) is 13.1 Å². The third-order valence-electron chi connectivity index (χ3n) is 2.65. The summed E-state index contributed by atoms with van der Waals surface area (Å²) in [5.74, 6) is 0.648. The Morgan fingerprint density at radius 3 is 2.95 bits per heavy atom. The Morgan fingerprint density at radius 2 is 2.25 bits per heavy atom. The number of amides is 1. The quantitative estimate of drug-likeness (QED) is 0.677. The zero-order valence-electron chi connectivity index (χ0n) is 12.6. The van der Waals surface area contributed by atoms with E-state index in [1.807, 2.05) is 26.0 Å². The Morgan fingerprint density at radius 1 is 1.45 bits per heavy atom. The largest absolute Gasteiger partial charge is 0.475 e. The zero-order valence-corrected chi connectivity index (χ0v) is 12.6. The molecule has 112 valence electrons. The summed E-state index contributed by atoms with van der Waals surface area (Å²) in [6.45, 7) is 7.64. The van der Waals surface area contributed by atoms with Gasteiger partial charge < -0.3 is 15.4 Å². The second-order valence-electron chi connectivity index (χ2n) is 4.94. The average Bonchev–Trinajstić information content (AvgIpc) is 2.40. The predicted molar refractivity (Wildman–Crippen MR) is 79.6 cm³/mol. The lowest BCUT2D eigenvalue weighted by Crippen LogP contribution is -2.34. The Balaban J connectivity index is 2.36. The molecule has 1 aromatic rings. The number of nitrogens with zero attached hydrogens (tertiary/aromatic N) is 1. The first-order chi connectivity index (χ1) is 9.63. The Bertz CT molecular complexity index is 408. The van der Waals surface area contributed by atoms with Crippen LogP contribution in [0.15, 0.2) is 18.3 Å². The summed E-state index contributed by atoms with van der Waals surface area (Å²) in [7, 11) is 0. The van der Waals surface area contributed by atoms with Gasteiger partial charge in [0.2, 0.25) is 11.8 Å². The van der Waals surface area contributed by atoms with Crippen LogP contribution in [0.5, 0.6) is 5.88 Å². The van der Waals surface area contributed by atoms with Gasteiger partial charge in [0.15, 0.2) is 0 Å². The van der Waals surface area contributed by atoms with E-state index in [0.29, 0.717) is 19.0 Å². The molecule has 0 atom stereocenters. The molecule has 0 aliphatic rings. The standard InChI is InChI=1S/C15H25N3O2/c1-4-5-8-17-14(19)11-16-10-13-7-6-9-18-15(13)20-12(2)3/h6-7,9,12,16H,4-5,8,10-11H2,1-3H3,(H,17,19). The summed E-state index contributed by atoms with van der Waals surface area (Å²) in [6, 6.07) is 3.82. The highest BCUT2D eigenvalue weighted by Crippen LogP contribution is 2.15. The van der Waals surface area contributed by atoms with E-state index >= 15 is 0 Å². The number of pyridine rings is 1. The molecule has 1 aromatic heterocycles. The van der Waals surface area contributed by atoms with Crippen molar-refractivity contribution in [3.05, 3.63) is 23.9 Å². The smallest absolute Gasteiger partial charge is 0.233 e. The second kappa shape index (κ2) is 9.31. The molecule has 20 heavy (non-hydrogen) atoms. The van der Waals surface area contributed by atoms with Gasteiger partial charge in [-0.3, -0.25) is 4.79 Å². The van der Waals surface area contributed by atoms with Crippen molar-refractivity contribution in [1.82, 2.24) is 15.6 Å². The Labute approximate surface area is 121 Å². The number of hydrogen-bond acceptors (Lipinski definition) is 4. The van der Waals surface area contributed by atoms with Gasteiger partial charge in [-0.25, -0.2) is 4.98 Å². The predicted octanol–water partition coefficient (Wildman–Crippen LogP) is 1.87. The van der Waals surface area contributed by atoms with E-state index in [4.69, 9.17) is 4.74 Å². The van der Waals surface area contributed by atoms with Crippen LogP contribution in [0.4, 0.5) is 0 Å². The van der Waals surface area contributed by atoms with Crippen LogP contribution in [0, 0.1) is 0 Å². The van der Waals surface area contributed by atoms with E-state index in [1.54, 1.807) is 6.20 Å². The maximum Gasteiger partial charge on any atom is 0.233 e. The van der Waals surface area contributed by atoms with Crippen LogP contribution in [0.25, 0.3) is 0 Å². The minimum absolute atomic E-state index is 0.0219. The molecule has 1 heterocycles. The summed E-state index contributed by atoms with van der Waals surface area (Å²) in [4.78, 5) is 15.8. The summed E-state index contributed by atoms with van der Waals surface area (Å²) < 4.78 is 5.63. The first-order valence-electron chi connectivity index (χ1n) is 7.21. The minimum Gasteiger partial charge on any atom is -0.475 e.